The first-order valence-corrected chi connectivity index (χ1v) is 6.89. The third kappa shape index (κ3) is 3.96. The van der Waals surface area contributed by atoms with Crippen LogP contribution in [0.5, 0.6) is 0 Å². The van der Waals surface area contributed by atoms with E-state index in [1.54, 1.807) is 25.3 Å². The average molecular weight is 271 g/mol. The number of thiazole rings is 1. The summed E-state index contributed by atoms with van der Waals surface area (Å²) in [6, 6.07) is -0.387. The Hall–Kier alpha value is -1.14. The molecule has 0 saturated heterocycles. The molecule has 1 atom stereocenters. The number of urea groups is 1. The fraction of sp³-hybridized carbons (Fsp3) is 0.667. The summed E-state index contributed by atoms with van der Waals surface area (Å²) in [5, 5.41) is 14.8. The van der Waals surface area contributed by atoms with Crippen molar-refractivity contribution in [3.63, 3.8) is 0 Å². The van der Waals surface area contributed by atoms with Crippen molar-refractivity contribution in [1.29, 1.82) is 0 Å². The molecule has 18 heavy (non-hydrogen) atoms. The second kappa shape index (κ2) is 6.70. The molecule has 1 heterocycles. The lowest BCUT2D eigenvalue weighted by Gasteiger charge is -2.23. The van der Waals surface area contributed by atoms with Crippen LogP contribution in [0.3, 0.4) is 0 Å². The summed E-state index contributed by atoms with van der Waals surface area (Å²) < 4.78 is 0. The molecule has 6 heteroatoms. The molecule has 0 bridgehead atoms. The third-order valence-corrected chi connectivity index (χ3v) is 3.92. The van der Waals surface area contributed by atoms with Crippen LogP contribution in [0, 0.1) is 0 Å². The number of hydrogen-bond donors (Lipinski definition) is 2. The van der Waals surface area contributed by atoms with Gasteiger partial charge in [0.15, 0.2) is 0 Å². The van der Waals surface area contributed by atoms with Gasteiger partial charge in [-0.05, 0) is 6.92 Å². The molecule has 0 aromatic carbocycles. The number of aromatic nitrogens is 1. The van der Waals surface area contributed by atoms with Crippen LogP contribution >= 0.6 is 11.3 Å². The Morgan fingerprint density at radius 3 is 2.72 bits per heavy atom. The van der Waals surface area contributed by atoms with Gasteiger partial charge < -0.3 is 15.3 Å². The maximum atomic E-state index is 11.7. The molecule has 1 rings (SSSR count). The quantitative estimate of drug-likeness (QED) is 0.858. The van der Waals surface area contributed by atoms with Gasteiger partial charge in [-0.1, -0.05) is 13.8 Å². The van der Waals surface area contributed by atoms with Gasteiger partial charge in [-0.25, -0.2) is 9.78 Å². The number of carbonyl (C=O) groups is 1. The van der Waals surface area contributed by atoms with Crippen molar-refractivity contribution in [2.45, 2.75) is 39.3 Å². The normalized spacial score (nSPS) is 12.6. The van der Waals surface area contributed by atoms with Gasteiger partial charge in [0.2, 0.25) is 0 Å². The first-order chi connectivity index (χ1) is 8.45. The van der Waals surface area contributed by atoms with Crippen molar-refractivity contribution < 1.29 is 9.90 Å². The van der Waals surface area contributed by atoms with E-state index < -0.39 is 0 Å². The maximum absolute atomic E-state index is 11.7. The van der Waals surface area contributed by atoms with Crippen molar-refractivity contribution in [2.24, 2.45) is 0 Å². The van der Waals surface area contributed by atoms with Crippen molar-refractivity contribution in [2.75, 3.05) is 13.7 Å². The van der Waals surface area contributed by atoms with E-state index in [1.165, 1.54) is 4.90 Å². The number of nitrogens with one attached hydrogen (secondary N) is 1. The number of aliphatic hydroxyl groups excluding tert-OH is 1. The van der Waals surface area contributed by atoms with Crippen LogP contribution in [0.15, 0.2) is 5.38 Å². The number of carbonyl (C=O) groups excluding carboxylic acids is 1. The lowest BCUT2D eigenvalue weighted by Crippen LogP contribution is -2.43. The van der Waals surface area contributed by atoms with E-state index in [0.29, 0.717) is 12.5 Å². The van der Waals surface area contributed by atoms with Crippen molar-refractivity contribution in [3.05, 3.63) is 16.1 Å². The molecule has 1 unspecified atom stereocenters. The largest absolute Gasteiger partial charge is 0.394 e. The summed E-state index contributed by atoms with van der Waals surface area (Å²) in [6.07, 6.45) is 0. The molecule has 1 aromatic rings. The van der Waals surface area contributed by atoms with Gasteiger partial charge in [0, 0.05) is 18.3 Å². The molecular formula is C12H21N3O2S. The number of hydrogen-bond acceptors (Lipinski definition) is 4. The van der Waals surface area contributed by atoms with Crippen LogP contribution in [0.4, 0.5) is 4.79 Å². The molecule has 1 aromatic heterocycles. The average Bonchev–Trinajstić information content (AvgIpc) is 2.82. The Bertz CT molecular complexity index is 392. The lowest BCUT2D eigenvalue weighted by molar-refractivity contribution is 0.157. The van der Waals surface area contributed by atoms with Gasteiger partial charge in [-0.15, -0.1) is 11.3 Å². The van der Waals surface area contributed by atoms with Crippen LogP contribution < -0.4 is 5.32 Å². The van der Waals surface area contributed by atoms with Crippen LogP contribution in [0.25, 0.3) is 0 Å². The number of rotatable bonds is 5. The zero-order valence-corrected chi connectivity index (χ0v) is 12.1. The Labute approximate surface area is 112 Å². The van der Waals surface area contributed by atoms with E-state index >= 15 is 0 Å². The summed E-state index contributed by atoms with van der Waals surface area (Å²) in [4.78, 5) is 17.7. The van der Waals surface area contributed by atoms with E-state index in [0.717, 1.165) is 10.7 Å². The second-order valence-electron chi connectivity index (χ2n) is 4.63. The molecule has 0 radical (unpaired) electrons. The smallest absolute Gasteiger partial charge is 0.317 e. The number of amides is 2. The molecule has 0 spiro atoms. The topological polar surface area (TPSA) is 65.5 Å². The predicted octanol–water partition coefficient (Wildman–Crippen LogP) is 1.79. The number of nitrogens with zero attached hydrogens (tertiary/aromatic N) is 2. The highest BCUT2D eigenvalue weighted by Gasteiger charge is 2.14. The standard InChI is InChI=1S/C12H21N3O2S/c1-8(2)11-14-10(7-18-11)5-13-12(17)15(4)9(3)6-16/h7-9,16H,5-6H2,1-4H3,(H,13,17). The third-order valence-electron chi connectivity index (χ3n) is 2.73. The number of likely N-dealkylation sites (N-methyl/N-ethyl adjacent to an activating group) is 1. The van der Waals surface area contributed by atoms with Gasteiger partial charge >= 0.3 is 6.03 Å². The Kier molecular flexibility index (Phi) is 5.55. The minimum absolute atomic E-state index is 0.0435. The van der Waals surface area contributed by atoms with Crippen LogP contribution in [0.1, 0.15) is 37.4 Å². The summed E-state index contributed by atoms with van der Waals surface area (Å²) >= 11 is 1.61. The minimum Gasteiger partial charge on any atom is -0.394 e. The van der Waals surface area contributed by atoms with Crippen molar-refractivity contribution in [3.8, 4) is 0 Å². The fourth-order valence-electron chi connectivity index (χ4n) is 1.28. The molecule has 0 aliphatic heterocycles. The van der Waals surface area contributed by atoms with Gasteiger partial charge in [-0.3, -0.25) is 0 Å². The first-order valence-electron chi connectivity index (χ1n) is 6.01. The Morgan fingerprint density at radius 1 is 1.56 bits per heavy atom. The Morgan fingerprint density at radius 2 is 2.22 bits per heavy atom. The SMILES string of the molecule is CC(C)c1nc(CNC(=O)N(C)C(C)CO)cs1. The molecule has 2 amide bonds. The molecule has 0 fully saturated rings. The van der Waals surface area contributed by atoms with Crippen LogP contribution in [0.2, 0.25) is 0 Å². The molecule has 0 saturated carbocycles. The number of aliphatic hydroxyl groups is 1. The van der Waals surface area contributed by atoms with Crippen molar-refractivity contribution >= 4 is 17.4 Å². The van der Waals surface area contributed by atoms with Gasteiger partial charge in [0.25, 0.3) is 0 Å². The molecule has 2 N–H and O–H groups in total. The van der Waals surface area contributed by atoms with E-state index in [9.17, 15) is 4.79 Å². The molecule has 102 valence electrons. The maximum Gasteiger partial charge on any atom is 0.317 e. The highest BCUT2D eigenvalue weighted by Crippen LogP contribution is 2.18. The zero-order chi connectivity index (χ0) is 13.7. The molecular weight excluding hydrogens is 250 g/mol. The minimum atomic E-state index is -0.198. The van der Waals surface area contributed by atoms with E-state index in [1.807, 2.05) is 5.38 Å². The van der Waals surface area contributed by atoms with Gasteiger partial charge in [0.1, 0.15) is 0 Å². The predicted molar refractivity (Wildman–Crippen MR) is 72.7 cm³/mol. The summed E-state index contributed by atoms with van der Waals surface area (Å²) in [5.74, 6) is 0.413. The van der Waals surface area contributed by atoms with Gasteiger partial charge in [0.05, 0.1) is 29.9 Å². The fourth-order valence-corrected chi connectivity index (χ4v) is 2.12. The Balaban J connectivity index is 2.47. The van der Waals surface area contributed by atoms with Gasteiger partial charge in [-0.2, -0.15) is 0 Å². The first kappa shape index (κ1) is 14.9. The molecule has 0 aliphatic rings. The highest BCUT2D eigenvalue weighted by atomic mass is 32.1. The molecule has 0 aliphatic carbocycles. The monoisotopic (exact) mass is 271 g/mol. The van der Waals surface area contributed by atoms with E-state index in [4.69, 9.17) is 5.11 Å². The molecule has 5 nitrogen and oxygen atoms in total. The summed E-state index contributed by atoms with van der Waals surface area (Å²) in [7, 11) is 1.66. The summed E-state index contributed by atoms with van der Waals surface area (Å²) in [5.41, 5.74) is 0.877. The van der Waals surface area contributed by atoms with Crippen LogP contribution in [-0.4, -0.2) is 40.7 Å². The van der Waals surface area contributed by atoms with E-state index in [-0.39, 0.29) is 18.7 Å². The highest BCUT2D eigenvalue weighted by molar-refractivity contribution is 7.09. The zero-order valence-electron chi connectivity index (χ0n) is 11.3. The summed E-state index contributed by atoms with van der Waals surface area (Å²) in [6.45, 7) is 6.36. The van der Waals surface area contributed by atoms with Crippen molar-refractivity contribution in [1.82, 2.24) is 15.2 Å². The lowest BCUT2D eigenvalue weighted by atomic mass is 10.2. The second-order valence-corrected chi connectivity index (χ2v) is 5.52. The van der Waals surface area contributed by atoms with E-state index in [2.05, 4.69) is 24.1 Å². The van der Waals surface area contributed by atoms with Crippen LogP contribution in [-0.2, 0) is 6.54 Å².